The molecular formula is C14H12O6. The van der Waals surface area contributed by atoms with Crippen LogP contribution in [0.5, 0.6) is 17.2 Å². The van der Waals surface area contributed by atoms with Gasteiger partial charge in [-0.05, 0) is 6.08 Å². The van der Waals surface area contributed by atoms with E-state index < -0.39 is 18.0 Å². The van der Waals surface area contributed by atoms with E-state index in [1.807, 2.05) is 0 Å². The van der Waals surface area contributed by atoms with Crippen LogP contribution in [0.2, 0.25) is 0 Å². The predicted octanol–water partition coefficient (Wildman–Crippen LogP) is 1.31. The van der Waals surface area contributed by atoms with Gasteiger partial charge in [-0.25, -0.2) is 0 Å². The van der Waals surface area contributed by atoms with Crippen molar-refractivity contribution in [2.24, 2.45) is 5.92 Å². The molecule has 0 amide bonds. The van der Waals surface area contributed by atoms with Gasteiger partial charge in [0, 0.05) is 30.0 Å². The first-order valence-corrected chi connectivity index (χ1v) is 6.15. The Morgan fingerprint density at radius 1 is 1.35 bits per heavy atom. The number of Topliss-reactive ketones (excluding diaryl/α,β-unsaturated/α-hetero) is 1. The molecule has 6 heteroatoms. The van der Waals surface area contributed by atoms with Crippen molar-refractivity contribution in [2.75, 3.05) is 0 Å². The number of carboxylic acids is 1. The van der Waals surface area contributed by atoms with E-state index in [1.54, 1.807) is 0 Å². The Balaban J connectivity index is 2.03. The molecule has 1 aliphatic heterocycles. The van der Waals surface area contributed by atoms with Gasteiger partial charge in [0.05, 0.1) is 12.0 Å². The number of carboxylic acid groups (broad SMARTS) is 1. The standard InChI is InChI=1S/C14H12O6/c15-7-3-11(17)8-5-9-10(16)1-6(2-13(18)19)14(9)20-12(8)4-7/h3-6,14-15,17H,1-2H2,(H,18,19)/t6-,14+/m0/s1. The van der Waals surface area contributed by atoms with E-state index in [-0.39, 0.29) is 35.9 Å². The zero-order valence-corrected chi connectivity index (χ0v) is 10.4. The van der Waals surface area contributed by atoms with Crippen LogP contribution in [0.4, 0.5) is 0 Å². The number of rotatable bonds is 2. The van der Waals surface area contributed by atoms with Gasteiger partial charge in [-0.15, -0.1) is 0 Å². The van der Waals surface area contributed by atoms with Gasteiger partial charge in [0.1, 0.15) is 23.4 Å². The molecule has 0 unspecified atom stereocenters. The maximum absolute atomic E-state index is 11.9. The van der Waals surface area contributed by atoms with E-state index in [0.29, 0.717) is 11.1 Å². The third-order valence-electron chi connectivity index (χ3n) is 3.60. The first-order valence-electron chi connectivity index (χ1n) is 6.15. The molecule has 1 aromatic carbocycles. The monoisotopic (exact) mass is 276 g/mol. The SMILES string of the molecule is O=C(O)C[C@@H]1CC(=O)C2=Cc3c(O)cc(O)cc3O[C@@H]21. The highest BCUT2D eigenvalue weighted by molar-refractivity contribution is 6.04. The minimum absolute atomic E-state index is 0.115. The van der Waals surface area contributed by atoms with Crippen molar-refractivity contribution >= 4 is 17.8 Å². The van der Waals surface area contributed by atoms with Gasteiger partial charge in [0.2, 0.25) is 0 Å². The number of aromatic hydroxyl groups is 2. The van der Waals surface area contributed by atoms with Gasteiger partial charge in [0.15, 0.2) is 5.78 Å². The Morgan fingerprint density at radius 3 is 2.80 bits per heavy atom. The van der Waals surface area contributed by atoms with Crippen molar-refractivity contribution in [3.63, 3.8) is 0 Å². The summed E-state index contributed by atoms with van der Waals surface area (Å²) < 4.78 is 5.63. The van der Waals surface area contributed by atoms with E-state index in [4.69, 9.17) is 9.84 Å². The lowest BCUT2D eigenvalue weighted by molar-refractivity contribution is -0.138. The maximum Gasteiger partial charge on any atom is 0.303 e. The van der Waals surface area contributed by atoms with Crippen LogP contribution in [0, 0.1) is 5.92 Å². The van der Waals surface area contributed by atoms with E-state index >= 15 is 0 Å². The number of phenolic OH excluding ortho intramolecular Hbond substituents is 2. The Bertz CT molecular complexity index is 645. The number of carbonyl (C=O) groups is 2. The van der Waals surface area contributed by atoms with Crippen LogP contribution in [0.25, 0.3) is 6.08 Å². The van der Waals surface area contributed by atoms with Gasteiger partial charge >= 0.3 is 5.97 Å². The molecule has 1 aromatic rings. The average molecular weight is 276 g/mol. The van der Waals surface area contributed by atoms with Crippen LogP contribution in [-0.4, -0.2) is 33.2 Å². The summed E-state index contributed by atoms with van der Waals surface area (Å²) in [4.78, 5) is 22.7. The third-order valence-corrected chi connectivity index (χ3v) is 3.60. The lowest BCUT2D eigenvalue weighted by Crippen LogP contribution is -2.27. The summed E-state index contributed by atoms with van der Waals surface area (Å²) in [5.74, 6) is -1.67. The highest BCUT2D eigenvalue weighted by Crippen LogP contribution is 2.44. The number of ketones is 1. The van der Waals surface area contributed by atoms with E-state index in [0.717, 1.165) is 6.07 Å². The predicted molar refractivity (Wildman–Crippen MR) is 67.5 cm³/mol. The van der Waals surface area contributed by atoms with Crippen molar-refractivity contribution in [2.45, 2.75) is 18.9 Å². The quantitative estimate of drug-likeness (QED) is 0.752. The number of ether oxygens (including phenoxy) is 1. The van der Waals surface area contributed by atoms with Crippen LogP contribution >= 0.6 is 0 Å². The van der Waals surface area contributed by atoms with Crippen LogP contribution in [0.1, 0.15) is 18.4 Å². The summed E-state index contributed by atoms with van der Waals surface area (Å²) in [5, 5.41) is 28.1. The van der Waals surface area contributed by atoms with Crippen LogP contribution < -0.4 is 4.74 Å². The third kappa shape index (κ3) is 1.89. The minimum atomic E-state index is -0.989. The second-order valence-electron chi connectivity index (χ2n) is 5.00. The molecule has 0 radical (unpaired) electrons. The molecular weight excluding hydrogens is 264 g/mol. The van der Waals surface area contributed by atoms with E-state index in [1.165, 1.54) is 12.1 Å². The summed E-state index contributed by atoms with van der Waals surface area (Å²) in [6.07, 6.45) is 0.840. The second kappa shape index (κ2) is 4.26. The molecule has 0 aromatic heterocycles. The van der Waals surface area contributed by atoms with Crippen LogP contribution in [-0.2, 0) is 9.59 Å². The Kier molecular flexibility index (Phi) is 2.67. The molecule has 1 fully saturated rings. The van der Waals surface area contributed by atoms with Gasteiger partial charge in [-0.3, -0.25) is 9.59 Å². The van der Waals surface area contributed by atoms with Gasteiger partial charge in [-0.2, -0.15) is 0 Å². The molecule has 2 atom stereocenters. The van der Waals surface area contributed by atoms with Crippen molar-refractivity contribution in [3.05, 3.63) is 23.3 Å². The fourth-order valence-electron chi connectivity index (χ4n) is 2.73. The molecule has 1 aliphatic carbocycles. The normalized spacial score (nSPS) is 23.6. The molecule has 1 heterocycles. The van der Waals surface area contributed by atoms with E-state index in [9.17, 15) is 19.8 Å². The summed E-state index contributed by atoms with van der Waals surface area (Å²) >= 11 is 0. The number of fused-ring (bicyclic) bond motifs is 2. The van der Waals surface area contributed by atoms with Crippen molar-refractivity contribution < 1.29 is 29.6 Å². The first-order chi connectivity index (χ1) is 9.45. The lowest BCUT2D eigenvalue weighted by Gasteiger charge is -2.25. The lowest BCUT2D eigenvalue weighted by atomic mass is 9.97. The molecule has 104 valence electrons. The fourth-order valence-corrected chi connectivity index (χ4v) is 2.73. The minimum Gasteiger partial charge on any atom is -0.508 e. The zero-order chi connectivity index (χ0) is 14.4. The number of hydrogen-bond acceptors (Lipinski definition) is 5. The van der Waals surface area contributed by atoms with Gasteiger partial charge in [0.25, 0.3) is 0 Å². The summed E-state index contributed by atoms with van der Waals surface area (Å²) in [5.41, 5.74) is 0.711. The number of hydrogen-bond donors (Lipinski definition) is 3. The Labute approximate surface area is 113 Å². The van der Waals surface area contributed by atoms with E-state index in [2.05, 4.69) is 0 Å². The van der Waals surface area contributed by atoms with Gasteiger partial charge < -0.3 is 20.1 Å². The molecule has 2 aliphatic rings. The van der Waals surface area contributed by atoms with Gasteiger partial charge in [-0.1, -0.05) is 0 Å². The summed E-state index contributed by atoms with van der Waals surface area (Å²) in [6, 6.07) is 2.50. The molecule has 6 nitrogen and oxygen atoms in total. The number of carbonyl (C=O) groups excluding carboxylic acids is 1. The fraction of sp³-hybridized carbons (Fsp3) is 0.286. The molecule has 1 saturated carbocycles. The molecule has 3 rings (SSSR count). The summed E-state index contributed by atoms with van der Waals surface area (Å²) in [7, 11) is 0. The van der Waals surface area contributed by atoms with Crippen LogP contribution in [0.15, 0.2) is 17.7 Å². The number of aliphatic carboxylic acids is 1. The molecule has 0 saturated heterocycles. The molecule has 0 bridgehead atoms. The zero-order valence-electron chi connectivity index (χ0n) is 10.4. The van der Waals surface area contributed by atoms with Crippen molar-refractivity contribution in [1.82, 2.24) is 0 Å². The smallest absolute Gasteiger partial charge is 0.303 e. The highest BCUT2D eigenvalue weighted by atomic mass is 16.5. The van der Waals surface area contributed by atoms with Crippen molar-refractivity contribution in [1.29, 1.82) is 0 Å². The highest BCUT2D eigenvalue weighted by Gasteiger charge is 2.43. The topological polar surface area (TPSA) is 104 Å². The average Bonchev–Trinajstić information content (AvgIpc) is 2.63. The second-order valence-corrected chi connectivity index (χ2v) is 5.00. The largest absolute Gasteiger partial charge is 0.508 e. The Hall–Kier alpha value is -2.50. The number of phenols is 2. The maximum atomic E-state index is 11.9. The Morgan fingerprint density at radius 2 is 2.10 bits per heavy atom. The first kappa shape index (κ1) is 12.5. The molecule has 3 N–H and O–H groups in total. The molecule has 0 spiro atoms. The molecule has 20 heavy (non-hydrogen) atoms. The number of benzene rings is 1. The van der Waals surface area contributed by atoms with Crippen molar-refractivity contribution in [3.8, 4) is 17.2 Å². The van der Waals surface area contributed by atoms with Crippen LogP contribution in [0.3, 0.4) is 0 Å². The summed E-state index contributed by atoms with van der Waals surface area (Å²) in [6.45, 7) is 0.